The third kappa shape index (κ3) is 7.75. The first-order valence-electron chi connectivity index (χ1n) is 14.1. The van der Waals surface area contributed by atoms with Crippen LogP contribution in [0.3, 0.4) is 0 Å². The van der Waals surface area contributed by atoms with Crippen molar-refractivity contribution in [3.63, 3.8) is 0 Å². The maximum atomic E-state index is 11.9. The first-order valence-corrected chi connectivity index (χ1v) is 14.9. The number of methoxy groups -OCH3 is 1. The number of carbonyl (C=O) groups excluding carboxylic acids is 1. The van der Waals surface area contributed by atoms with Crippen LogP contribution in [-0.2, 0) is 11.3 Å². The summed E-state index contributed by atoms with van der Waals surface area (Å²) in [6, 6.07) is 29.3. The van der Waals surface area contributed by atoms with E-state index in [9.17, 15) is 4.79 Å². The summed E-state index contributed by atoms with van der Waals surface area (Å²) in [5.41, 5.74) is 6.33. The predicted octanol–water partition coefficient (Wildman–Crippen LogP) is 9.71. The van der Waals surface area contributed by atoms with E-state index in [4.69, 9.17) is 37.7 Å². The number of benzene rings is 4. The minimum atomic E-state index is -0.364. The van der Waals surface area contributed by atoms with Gasteiger partial charge >= 0.3 is 5.97 Å². The Labute approximate surface area is 262 Å². The quantitative estimate of drug-likeness (QED) is 0.110. The average molecular weight is 612 g/mol. The SMILES string of the molecule is CCCCOc1cccc(-c2ccc(/C=C/c3nc(-c4ccc(Cl)cc4Cl)cn3Cc3ccc(C(=O)OC)cc3)cc2)c1. The fourth-order valence-electron chi connectivity index (χ4n) is 4.63. The van der Waals surface area contributed by atoms with Crippen molar-refractivity contribution in [2.24, 2.45) is 0 Å². The van der Waals surface area contributed by atoms with Crippen molar-refractivity contribution in [3.05, 3.63) is 130 Å². The Kier molecular flexibility index (Phi) is 9.98. The molecular formula is C36H32Cl2N2O3. The zero-order valence-corrected chi connectivity index (χ0v) is 25.6. The summed E-state index contributed by atoms with van der Waals surface area (Å²) >= 11 is 12.7. The van der Waals surface area contributed by atoms with Gasteiger partial charge in [-0.05, 0) is 77.2 Å². The number of hydrogen-bond acceptors (Lipinski definition) is 4. The molecule has 0 aliphatic heterocycles. The van der Waals surface area contributed by atoms with Crippen LogP contribution in [0.2, 0.25) is 10.0 Å². The van der Waals surface area contributed by atoms with Crippen molar-refractivity contribution in [2.75, 3.05) is 13.7 Å². The number of carbonyl (C=O) groups is 1. The largest absolute Gasteiger partial charge is 0.494 e. The molecule has 218 valence electrons. The van der Waals surface area contributed by atoms with Gasteiger partial charge in [-0.25, -0.2) is 9.78 Å². The Bertz CT molecular complexity index is 1720. The van der Waals surface area contributed by atoms with Crippen LogP contribution >= 0.6 is 23.2 Å². The molecule has 0 atom stereocenters. The Balaban J connectivity index is 1.39. The molecule has 43 heavy (non-hydrogen) atoms. The fourth-order valence-corrected chi connectivity index (χ4v) is 5.14. The maximum absolute atomic E-state index is 11.9. The van der Waals surface area contributed by atoms with Crippen molar-refractivity contribution in [1.29, 1.82) is 0 Å². The minimum Gasteiger partial charge on any atom is -0.494 e. The summed E-state index contributed by atoms with van der Waals surface area (Å²) in [7, 11) is 1.37. The van der Waals surface area contributed by atoms with Crippen molar-refractivity contribution in [2.45, 2.75) is 26.3 Å². The van der Waals surface area contributed by atoms with Gasteiger partial charge in [0.1, 0.15) is 11.6 Å². The molecule has 0 aliphatic carbocycles. The smallest absolute Gasteiger partial charge is 0.337 e. The molecule has 1 heterocycles. The highest BCUT2D eigenvalue weighted by molar-refractivity contribution is 6.36. The number of esters is 1. The second-order valence-electron chi connectivity index (χ2n) is 10.1. The lowest BCUT2D eigenvalue weighted by Gasteiger charge is -2.08. The van der Waals surface area contributed by atoms with Gasteiger partial charge in [-0.1, -0.05) is 91.2 Å². The minimum absolute atomic E-state index is 0.364. The molecule has 1 aromatic heterocycles. The first kappa shape index (κ1) is 30.1. The third-order valence-electron chi connectivity index (χ3n) is 7.01. The van der Waals surface area contributed by atoms with Gasteiger partial charge in [0.25, 0.3) is 0 Å². The highest BCUT2D eigenvalue weighted by atomic mass is 35.5. The maximum Gasteiger partial charge on any atom is 0.337 e. The molecule has 0 saturated heterocycles. The molecule has 0 amide bonds. The van der Waals surface area contributed by atoms with E-state index in [0.717, 1.165) is 64.5 Å². The summed E-state index contributed by atoms with van der Waals surface area (Å²) in [5, 5.41) is 1.10. The third-order valence-corrected chi connectivity index (χ3v) is 7.56. The van der Waals surface area contributed by atoms with Crippen LogP contribution in [0.1, 0.15) is 47.1 Å². The van der Waals surface area contributed by atoms with Gasteiger partial charge in [0.05, 0.1) is 30.0 Å². The zero-order chi connectivity index (χ0) is 30.2. The Hall–Kier alpha value is -4.32. The number of imidazole rings is 1. The molecule has 4 aromatic carbocycles. The topological polar surface area (TPSA) is 53.4 Å². The number of unbranched alkanes of at least 4 members (excludes halogenated alkanes) is 1. The van der Waals surface area contributed by atoms with E-state index in [-0.39, 0.29) is 5.97 Å². The normalized spacial score (nSPS) is 11.2. The second-order valence-corrected chi connectivity index (χ2v) is 11.0. The zero-order valence-electron chi connectivity index (χ0n) is 24.1. The molecule has 5 rings (SSSR count). The summed E-state index contributed by atoms with van der Waals surface area (Å²) in [6.45, 7) is 3.43. The van der Waals surface area contributed by atoms with E-state index in [2.05, 4.69) is 47.9 Å². The Morgan fingerprint density at radius 2 is 1.70 bits per heavy atom. The highest BCUT2D eigenvalue weighted by Crippen LogP contribution is 2.31. The van der Waals surface area contributed by atoms with E-state index in [0.29, 0.717) is 22.2 Å². The number of halogens is 2. The monoisotopic (exact) mass is 610 g/mol. The lowest BCUT2D eigenvalue weighted by molar-refractivity contribution is 0.0600. The van der Waals surface area contributed by atoms with Gasteiger partial charge in [0.2, 0.25) is 0 Å². The van der Waals surface area contributed by atoms with E-state index >= 15 is 0 Å². The average Bonchev–Trinajstić information content (AvgIpc) is 3.42. The van der Waals surface area contributed by atoms with Crippen molar-refractivity contribution in [3.8, 4) is 28.1 Å². The van der Waals surface area contributed by atoms with Crippen molar-refractivity contribution >= 4 is 41.3 Å². The molecule has 5 aromatic rings. The molecule has 5 nitrogen and oxygen atoms in total. The van der Waals surface area contributed by atoms with Gasteiger partial charge in [0, 0.05) is 23.3 Å². The fraction of sp³-hybridized carbons (Fsp3) is 0.167. The Morgan fingerprint density at radius 3 is 2.42 bits per heavy atom. The molecule has 0 bridgehead atoms. The van der Waals surface area contributed by atoms with Crippen LogP contribution in [0.25, 0.3) is 34.5 Å². The lowest BCUT2D eigenvalue weighted by Crippen LogP contribution is -2.03. The molecule has 7 heteroatoms. The number of rotatable bonds is 11. The summed E-state index contributed by atoms with van der Waals surface area (Å²) in [4.78, 5) is 16.8. The van der Waals surface area contributed by atoms with Crippen LogP contribution < -0.4 is 4.74 Å². The van der Waals surface area contributed by atoms with E-state index in [1.165, 1.54) is 7.11 Å². The van der Waals surface area contributed by atoms with Crippen LogP contribution in [0.5, 0.6) is 5.75 Å². The molecule has 0 N–H and O–H groups in total. The lowest BCUT2D eigenvalue weighted by atomic mass is 10.0. The van der Waals surface area contributed by atoms with Crippen LogP contribution in [0, 0.1) is 0 Å². The molecule has 0 radical (unpaired) electrons. The van der Waals surface area contributed by atoms with Crippen molar-refractivity contribution in [1.82, 2.24) is 9.55 Å². The first-order chi connectivity index (χ1) is 20.9. The van der Waals surface area contributed by atoms with Crippen LogP contribution in [0.15, 0.2) is 97.2 Å². The Morgan fingerprint density at radius 1 is 0.907 bits per heavy atom. The van der Waals surface area contributed by atoms with Gasteiger partial charge in [-0.15, -0.1) is 0 Å². The van der Waals surface area contributed by atoms with Crippen LogP contribution in [-0.4, -0.2) is 29.2 Å². The summed E-state index contributed by atoms with van der Waals surface area (Å²) in [5.74, 6) is 1.29. The molecule has 0 saturated carbocycles. The molecule has 0 aliphatic rings. The number of nitrogens with zero attached hydrogens (tertiary/aromatic N) is 2. The predicted molar refractivity (Wildman–Crippen MR) is 176 cm³/mol. The van der Waals surface area contributed by atoms with Gasteiger partial charge in [-0.3, -0.25) is 0 Å². The summed E-state index contributed by atoms with van der Waals surface area (Å²) in [6.07, 6.45) is 8.16. The standard InChI is InChI=1S/C36H32Cl2N2O3/c1-3-4-20-43-31-7-5-6-29(21-31)27-13-8-25(9-14-27)12-19-35-39-34(32-18-17-30(37)22-33(32)38)24-40(35)23-26-10-15-28(16-11-26)36(41)42-2/h5-19,21-22,24H,3-4,20,23H2,1-2H3/b19-12+. The highest BCUT2D eigenvalue weighted by Gasteiger charge is 2.13. The van der Waals surface area contributed by atoms with Gasteiger partial charge in [0.15, 0.2) is 0 Å². The second kappa shape index (κ2) is 14.2. The molecule has 0 fully saturated rings. The van der Waals surface area contributed by atoms with Crippen LogP contribution in [0.4, 0.5) is 0 Å². The van der Waals surface area contributed by atoms with E-state index in [1.54, 1.807) is 24.3 Å². The number of ether oxygens (including phenoxy) is 2. The van der Waals surface area contributed by atoms with E-state index in [1.807, 2.05) is 48.7 Å². The van der Waals surface area contributed by atoms with Gasteiger partial charge < -0.3 is 14.0 Å². The van der Waals surface area contributed by atoms with Gasteiger partial charge in [-0.2, -0.15) is 0 Å². The van der Waals surface area contributed by atoms with Crippen molar-refractivity contribution < 1.29 is 14.3 Å². The molecule has 0 unspecified atom stereocenters. The number of aromatic nitrogens is 2. The number of hydrogen-bond donors (Lipinski definition) is 0. The summed E-state index contributed by atoms with van der Waals surface area (Å²) < 4.78 is 12.8. The molecular weight excluding hydrogens is 579 g/mol. The van der Waals surface area contributed by atoms with E-state index < -0.39 is 0 Å². The molecule has 0 spiro atoms.